The number of benzene rings is 1. The minimum Gasteiger partial charge on any atom is -0.481 e. The zero-order chi connectivity index (χ0) is 11.7. The maximum Gasteiger partial charge on any atom is 0.309 e. The lowest BCUT2D eigenvalue weighted by Gasteiger charge is -2.41. The van der Waals surface area contributed by atoms with Crippen LogP contribution in [0.1, 0.15) is 18.5 Å². The van der Waals surface area contributed by atoms with Crippen LogP contribution < -0.4 is 0 Å². The molecular formula is C12H13FNO2. The summed E-state index contributed by atoms with van der Waals surface area (Å²) in [6.07, 6.45) is 0. The number of aliphatic carboxylic acids is 1. The Hall–Kier alpha value is -1.42. The number of hydrogen-bond donors (Lipinski definition) is 1. The second kappa shape index (κ2) is 4.22. The third-order valence-corrected chi connectivity index (χ3v) is 3.08. The maximum atomic E-state index is 12.9. The van der Waals surface area contributed by atoms with Crippen molar-refractivity contribution in [2.24, 2.45) is 5.92 Å². The molecule has 0 aliphatic carbocycles. The SMILES string of the molecule is C[C@@H](c1cc[c]c(F)c1)N1CC(C(=O)O)C1. The summed E-state index contributed by atoms with van der Waals surface area (Å²) in [6.45, 7) is 3.03. The van der Waals surface area contributed by atoms with Crippen LogP contribution in [0.4, 0.5) is 4.39 Å². The van der Waals surface area contributed by atoms with E-state index in [2.05, 4.69) is 6.07 Å². The number of nitrogens with zero attached hydrogens (tertiary/aromatic N) is 1. The Bertz CT molecular complexity index is 402. The summed E-state index contributed by atoms with van der Waals surface area (Å²) in [7, 11) is 0. The summed E-state index contributed by atoms with van der Waals surface area (Å²) in [5.74, 6) is -1.40. The number of likely N-dealkylation sites (tertiary alicyclic amines) is 1. The molecular weight excluding hydrogens is 209 g/mol. The van der Waals surface area contributed by atoms with Gasteiger partial charge >= 0.3 is 5.97 Å². The van der Waals surface area contributed by atoms with Gasteiger partial charge in [-0.1, -0.05) is 12.1 Å². The fourth-order valence-corrected chi connectivity index (χ4v) is 1.91. The van der Waals surface area contributed by atoms with Gasteiger partial charge in [-0.3, -0.25) is 9.69 Å². The van der Waals surface area contributed by atoms with Gasteiger partial charge < -0.3 is 5.11 Å². The fourth-order valence-electron chi connectivity index (χ4n) is 1.91. The van der Waals surface area contributed by atoms with Gasteiger partial charge in [-0.2, -0.15) is 0 Å². The molecule has 0 unspecified atom stereocenters. The summed E-state index contributed by atoms with van der Waals surface area (Å²) >= 11 is 0. The number of hydrogen-bond acceptors (Lipinski definition) is 2. The summed E-state index contributed by atoms with van der Waals surface area (Å²) in [5.41, 5.74) is 0.861. The van der Waals surface area contributed by atoms with Crippen molar-refractivity contribution >= 4 is 5.97 Å². The number of carbonyl (C=O) groups is 1. The fraction of sp³-hybridized carbons (Fsp3) is 0.417. The van der Waals surface area contributed by atoms with Crippen molar-refractivity contribution in [3.63, 3.8) is 0 Å². The number of carboxylic acids is 1. The molecule has 4 heteroatoms. The topological polar surface area (TPSA) is 40.5 Å². The van der Waals surface area contributed by atoms with Crippen LogP contribution >= 0.6 is 0 Å². The molecule has 3 nitrogen and oxygen atoms in total. The van der Waals surface area contributed by atoms with E-state index in [1.54, 1.807) is 6.07 Å². The molecule has 1 aliphatic heterocycles. The van der Waals surface area contributed by atoms with Crippen LogP contribution in [0.5, 0.6) is 0 Å². The van der Waals surface area contributed by atoms with Crippen LogP contribution in [0.15, 0.2) is 18.2 Å². The highest BCUT2D eigenvalue weighted by Crippen LogP contribution is 2.28. The summed E-state index contributed by atoms with van der Waals surface area (Å²) in [4.78, 5) is 12.7. The van der Waals surface area contributed by atoms with Crippen molar-refractivity contribution in [2.45, 2.75) is 13.0 Å². The first-order chi connectivity index (χ1) is 7.58. The molecule has 1 aromatic carbocycles. The zero-order valence-corrected chi connectivity index (χ0v) is 8.98. The van der Waals surface area contributed by atoms with Crippen molar-refractivity contribution in [3.05, 3.63) is 35.6 Å². The largest absolute Gasteiger partial charge is 0.481 e. The van der Waals surface area contributed by atoms with E-state index in [1.165, 1.54) is 6.07 Å². The van der Waals surface area contributed by atoms with Crippen molar-refractivity contribution < 1.29 is 14.3 Å². The molecule has 1 atom stereocenters. The molecule has 1 fully saturated rings. The number of halogens is 1. The average molecular weight is 222 g/mol. The van der Waals surface area contributed by atoms with E-state index in [0.717, 1.165) is 5.56 Å². The monoisotopic (exact) mass is 222 g/mol. The molecule has 0 saturated carbocycles. The molecule has 0 amide bonds. The Kier molecular flexibility index (Phi) is 2.92. The lowest BCUT2D eigenvalue weighted by Crippen LogP contribution is -2.51. The molecule has 1 radical (unpaired) electrons. The molecule has 85 valence electrons. The Labute approximate surface area is 93.5 Å². The summed E-state index contributed by atoms with van der Waals surface area (Å²) in [6, 6.07) is 7.31. The average Bonchev–Trinajstić information content (AvgIpc) is 2.14. The molecule has 1 heterocycles. The van der Waals surface area contributed by atoms with Crippen molar-refractivity contribution in [1.82, 2.24) is 4.90 Å². The minimum atomic E-state index is -0.754. The van der Waals surface area contributed by atoms with Gasteiger partial charge in [0.15, 0.2) is 0 Å². The van der Waals surface area contributed by atoms with Crippen LogP contribution in [0, 0.1) is 17.8 Å². The molecule has 0 bridgehead atoms. The molecule has 0 spiro atoms. The maximum absolute atomic E-state index is 12.9. The van der Waals surface area contributed by atoms with Crippen LogP contribution in [0.25, 0.3) is 0 Å². The van der Waals surface area contributed by atoms with Gasteiger partial charge in [0.05, 0.1) is 5.92 Å². The summed E-state index contributed by atoms with van der Waals surface area (Å²) < 4.78 is 12.9. The van der Waals surface area contributed by atoms with Crippen LogP contribution in [-0.4, -0.2) is 29.1 Å². The van der Waals surface area contributed by atoms with Crippen LogP contribution in [0.3, 0.4) is 0 Å². The van der Waals surface area contributed by atoms with Crippen LogP contribution in [0.2, 0.25) is 0 Å². The van der Waals surface area contributed by atoms with E-state index in [9.17, 15) is 9.18 Å². The van der Waals surface area contributed by atoms with Gasteiger partial charge in [0.2, 0.25) is 0 Å². The van der Waals surface area contributed by atoms with E-state index in [-0.39, 0.29) is 17.8 Å². The van der Waals surface area contributed by atoms with E-state index in [0.29, 0.717) is 13.1 Å². The second-order valence-corrected chi connectivity index (χ2v) is 4.13. The molecule has 2 rings (SSSR count). The molecule has 0 aromatic heterocycles. The van der Waals surface area contributed by atoms with Gasteiger partial charge in [-0.25, -0.2) is 4.39 Å². The second-order valence-electron chi connectivity index (χ2n) is 4.13. The predicted molar refractivity (Wildman–Crippen MR) is 56.3 cm³/mol. The van der Waals surface area contributed by atoms with E-state index in [1.807, 2.05) is 17.9 Å². The van der Waals surface area contributed by atoms with Crippen LogP contribution in [-0.2, 0) is 4.79 Å². The minimum absolute atomic E-state index is 0.0553. The molecule has 1 aliphatic rings. The highest BCUT2D eigenvalue weighted by molar-refractivity contribution is 5.71. The third-order valence-electron chi connectivity index (χ3n) is 3.08. The normalized spacial score (nSPS) is 19.1. The smallest absolute Gasteiger partial charge is 0.309 e. The van der Waals surface area contributed by atoms with E-state index < -0.39 is 5.97 Å². The Morgan fingerprint density at radius 1 is 1.69 bits per heavy atom. The first-order valence-electron chi connectivity index (χ1n) is 5.22. The van der Waals surface area contributed by atoms with E-state index in [4.69, 9.17) is 5.11 Å². The Morgan fingerprint density at radius 2 is 2.38 bits per heavy atom. The molecule has 1 N–H and O–H groups in total. The van der Waals surface area contributed by atoms with Crippen molar-refractivity contribution in [1.29, 1.82) is 0 Å². The predicted octanol–water partition coefficient (Wildman–Crippen LogP) is 1.70. The van der Waals surface area contributed by atoms with Crippen molar-refractivity contribution in [2.75, 3.05) is 13.1 Å². The highest BCUT2D eigenvalue weighted by atomic mass is 19.1. The highest BCUT2D eigenvalue weighted by Gasteiger charge is 2.35. The van der Waals surface area contributed by atoms with Gasteiger partial charge in [0, 0.05) is 25.2 Å². The van der Waals surface area contributed by atoms with Gasteiger partial charge in [0.25, 0.3) is 0 Å². The van der Waals surface area contributed by atoms with Gasteiger partial charge in [0.1, 0.15) is 5.82 Å². The zero-order valence-electron chi connectivity index (χ0n) is 8.98. The van der Waals surface area contributed by atoms with E-state index >= 15 is 0 Å². The molecule has 1 saturated heterocycles. The number of rotatable bonds is 3. The van der Waals surface area contributed by atoms with Gasteiger partial charge in [-0.05, 0) is 18.6 Å². The van der Waals surface area contributed by atoms with Gasteiger partial charge in [-0.15, -0.1) is 0 Å². The number of carboxylic acid groups (broad SMARTS) is 1. The summed E-state index contributed by atoms with van der Waals surface area (Å²) in [5, 5.41) is 8.76. The Balaban J connectivity index is 2.00. The van der Waals surface area contributed by atoms with Crippen molar-refractivity contribution in [3.8, 4) is 0 Å². The lowest BCUT2D eigenvalue weighted by molar-refractivity contribution is -0.148. The lowest BCUT2D eigenvalue weighted by atomic mass is 9.95. The first kappa shape index (κ1) is 11.1. The third kappa shape index (κ3) is 2.07. The Morgan fingerprint density at radius 3 is 2.94 bits per heavy atom. The first-order valence-corrected chi connectivity index (χ1v) is 5.22. The molecule has 16 heavy (non-hydrogen) atoms. The quantitative estimate of drug-likeness (QED) is 0.846. The standard InChI is InChI=1S/C12H13FNO2/c1-8(9-3-2-4-11(13)5-9)14-6-10(7-14)12(15)16/h2-3,5,8,10H,6-7H2,1H3,(H,15,16)/t8-/m0/s1. The molecule has 1 aromatic rings.